The van der Waals surface area contributed by atoms with Crippen LogP contribution in [-0.4, -0.2) is 26.9 Å². The molecule has 0 fully saturated rings. The van der Waals surface area contributed by atoms with E-state index in [0.717, 1.165) is 31.2 Å². The first-order chi connectivity index (χ1) is 11.6. The average molecular weight is 362 g/mol. The molecule has 2 aromatic heterocycles. The van der Waals surface area contributed by atoms with Crippen molar-refractivity contribution < 1.29 is 4.79 Å². The summed E-state index contributed by atoms with van der Waals surface area (Å²) in [6, 6.07) is 1.69. The van der Waals surface area contributed by atoms with E-state index in [0.29, 0.717) is 15.7 Å². The quantitative estimate of drug-likeness (QED) is 0.809. The minimum Gasteiger partial charge on any atom is -0.368 e. The molecule has 7 nitrogen and oxygen atoms in total. The van der Waals surface area contributed by atoms with Gasteiger partial charge in [-0.1, -0.05) is 11.8 Å². The van der Waals surface area contributed by atoms with Crippen LogP contribution in [0.1, 0.15) is 41.8 Å². The maximum Gasteiger partial charge on any atom is 0.248 e. The Balaban J connectivity index is 1.86. The van der Waals surface area contributed by atoms with Crippen LogP contribution in [-0.2, 0) is 17.6 Å². The van der Waals surface area contributed by atoms with Crippen molar-refractivity contribution in [1.82, 2.24) is 14.8 Å². The first kappa shape index (κ1) is 16.8. The molecule has 0 saturated carbocycles. The van der Waals surface area contributed by atoms with Gasteiger partial charge in [-0.15, -0.1) is 21.5 Å². The number of amides is 1. The lowest BCUT2D eigenvalue weighted by Crippen LogP contribution is -2.25. The van der Waals surface area contributed by atoms with Crippen molar-refractivity contribution >= 4 is 40.0 Å². The summed E-state index contributed by atoms with van der Waals surface area (Å²) in [5.41, 5.74) is 7.54. The molecule has 9 heteroatoms. The monoisotopic (exact) mass is 362 g/mol. The number of aryl methyl sites for hydroxylation is 1. The first-order valence-electron chi connectivity index (χ1n) is 7.66. The molecule has 0 spiro atoms. The number of hydrogen-bond acceptors (Lipinski definition) is 7. The second-order valence-corrected chi connectivity index (χ2v) is 7.49. The zero-order chi connectivity index (χ0) is 17.3. The fourth-order valence-corrected chi connectivity index (χ4v) is 4.71. The Kier molecular flexibility index (Phi) is 4.78. The molecule has 0 aliphatic heterocycles. The predicted molar refractivity (Wildman–Crippen MR) is 95.2 cm³/mol. The lowest BCUT2D eigenvalue weighted by molar-refractivity contribution is -0.118. The van der Waals surface area contributed by atoms with Crippen LogP contribution in [0.25, 0.3) is 0 Å². The fourth-order valence-electron chi connectivity index (χ4n) is 2.90. The zero-order valence-corrected chi connectivity index (χ0v) is 15.1. The van der Waals surface area contributed by atoms with Crippen LogP contribution in [0.15, 0.2) is 5.16 Å². The molecule has 24 heavy (non-hydrogen) atoms. The Morgan fingerprint density at radius 1 is 1.46 bits per heavy atom. The number of anilines is 2. The van der Waals surface area contributed by atoms with Crippen molar-refractivity contribution in [2.24, 2.45) is 0 Å². The number of nitrogens with zero attached hydrogens (tertiary/aromatic N) is 4. The molecule has 0 bridgehead atoms. The standard InChI is InChI=1S/C15H18N6OS2/c1-8(21-14(17)19-20-15(21)23-2)12(22)18-13-10(7-16)9-5-3-4-6-11(9)24-13/h8H,3-6H2,1-2H3,(H2,17,19)(H,18,22). The van der Waals surface area contributed by atoms with Gasteiger partial charge < -0.3 is 11.1 Å². The van der Waals surface area contributed by atoms with Gasteiger partial charge >= 0.3 is 0 Å². The molecule has 1 amide bonds. The number of aromatic nitrogens is 3. The van der Waals surface area contributed by atoms with Crippen molar-refractivity contribution in [3.8, 4) is 6.07 Å². The van der Waals surface area contributed by atoms with E-state index in [2.05, 4.69) is 21.6 Å². The van der Waals surface area contributed by atoms with Gasteiger partial charge in [-0.3, -0.25) is 9.36 Å². The average Bonchev–Trinajstić information content (AvgIpc) is 3.13. The van der Waals surface area contributed by atoms with Gasteiger partial charge in [0.15, 0.2) is 5.16 Å². The van der Waals surface area contributed by atoms with Crippen LogP contribution >= 0.6 is 23.1 Å². The molecule has 0 saturated heterocycles. The Bertz CT molecular complexity index is 819. The summed E-state index contributed by atoms with van der Waals surface area (Å²) in [6.45, 7) is 1.74. The summed E-state index contributed by atoms with van der Waals surface area (Å²) in [7, 11) is 0. The summed E-state index contributed by atoms with van der Waals surface area (Å²) in [4.78, 5) is 13.9. The smallest absolute Gasteiger partial charge is 0.248 e. The maximum atomic E-state index is 12.7. The van der Waals surface area contributed by atoms with Crippen LogP contribution in [0, 0.1) is 11.3 Å². The van der Waals surface area contributed by atoms with E-state index >= 15 is 0 Å². The van der Waals surface area contributed by atoms with E-state index in [9.17, 15) is 10.1 Å². The summed E-state index contributed by atoms with van der Waals surface area (Å²) < 4.78 is 1.60. The molecular formula is C15H18N6OS2. The van der Waals surface area contributed by atoms with Crippen molar-refractivity contribution in [2.45, 2.75) is 43.8 Å². The molecule has 0 aromatic carbocycles. The summed E-state index contributed by atoms with van der Waals surface area (Å²) in [5, 5.41) is 21.4. The van der Waals surface area contributed by atoms with Crippen molar-refractivity contribution in [2.75, 3.05) is 17.3 Å². The largest absolute Gasteiger partial charge is 0.368 e. The third-order valence-electron chi connectivity index (χ3n) is 4.16. The van der Waals surface area contributed by atoms with E-state index in [1.807, 2.05) is 6.26 Å². The fraction of sp³-hybridized carbons (Fsp3) is 0.467. The Morgan fingerprint density at radius 2 is 2.21 bits per heavy atom. The van der Waals surface area contributed by atoms with E-state index < -0.39 is 6.04 Å². The third-order valence-corrected chi connectivity index (χ3v) is 6.01. The molecule has 1 aliphatic carbocycles. The van der Waals surface area contributed by atoms with E-state index in [1.54, 1.807) is 11.5 Å². The van der Waals surface area contributed by atoms with Gasteiger partial charge in [0.2, 0.25) is 11.9 Å². The number of thiophene rings is 1. The van der Waals surface area contributed by atoms with Crippen molar-refractivity contribution in [1.29, 1.82) is 5.26 Å². The molecular weight excluding hydrogens is 344 g/mol. The van der Waals surface area contributed by atoms with Crippen LogP contribution in [0.4, 0.5) is 10.9 Å². The topological polar surface area (TPSA) is 110 Å². The van der Waals surface area contributed by atoms with Gasteiger partial charge in [0.05, 0.1) is 5.56 Å². The van der Waals surface area contributed by atoms with Gasteiger partial charge in [0, 0.05) is 4.88 Å². The second-order valence-electron chi connectivity index (χ2n) is 5.61. The van der Waals surface area contributed by atoms with Crippen molar-refractivity contribution in [3.63, 3.8) is 0 Å². The molecule has 2 aromatic rings. The number of carbonyl (C=O) groups excluding carboxylic acids is 1. The van der Waals surface area contributed by atoms with Crippen LogP contribution in [0.2, 0.25) is 0 Å². The molecule has 1 unspecified atom stereocenters. The number of hydrogen-bond donors (Lipinski definition) is 2. The predicted octanol–water partition coefficient (Wildman–Crippen LogP) is 2.59. The number of fused-ring (bicyclic) bond motifs is 1. The highest BCUT2D eigenvalue weighted by molar-refractivity contribution is 7.98. The Morgan fingerprint density at radius 3 is 2.92 bits per heavy atom. The molecule has 3 N–H and O–H groups in total. The Labute approximate surface area is 148 Å². The van der Waals surface area contributed by atoms with E-state index in [-0.39, 0.29) is 11.9 Å². The van der Waals surface area contributed by atoms with Crippen LogP contribution < -0.4 is 11.1 Å². The summed E-state index contributed by atoms with van der Waals surface area (Å²) >= 11 is 2.89. The molecule has 1 aliphatic rings. The van der Waals surface area contributed by atoms with Gasteiger partial charge in [0.1, 0.15) is 17.1 Å². The number of nitrogen functional groups attached to an aromatic ring is 1. The number of nitrogens with two attached hydrogens (primary N) is 1. The van der Waals surface area contributed by atoms with E-state index in [4.69, 9.17) is 5.73 Å². The minimum absolute atomic E-state index is 0.202. The number of nitrogens with one attached hydrogen (secondary N) is 1. The zero-order valence-electron chi connectivity index (χ0n) is 13.5. The van der Waals surface area contributed by atoms with Crippen LogP contribution in [0.5, 0.6) is 0 Å². The highest BCUT2D eigenvalue weighted by atomic mass is 32.2. The maximum absolute atomic E-state index is 12.7. The lowest BCUT2D eigenvalue weighted by atomic mass is 9.96. The highest BCUT2D eigenvalue weighted by Crippen LogP contribution is 2.38. The lowest BCUT2D eigenvalue weighted by Gasteiger charge is -2.15. The molecule has 1 atom stereocenters. The number of rotatable bonds is 4. The Hall–Kier alpha value is -2.05. The third kappa shape index (κ3) is 2.87. The molecule has 3 rings (SSSR count). The number of carbonyl (C=O) groups is 1. The molecule has 2 heterocycles. The first-order valence-corrected chi connectivity index (χ1v) is 9.70. The number of nitriles is 1. The highest BCUT2D eigenvalue weighted by Gasteiger charge is 2.25. The minimum atomic E-state index is -0.562. The van der Waals surface area contributed by atoms with Gasteiger partial charge in [-0.2, -0.15) is 5.26 Å². The van der Waals surface area contributed by atoms with E-state index in [1.165, 1.54) is 28.0 Å². The summed E-state index contributed by atoms with van der Waals surface area (Å²) in [5.74, 6) is -0.0279. The SMILES string of the molecule is CSc1nnc(N)n1C(C)C(=O)Nc1sc2c(c1C#N)CCCC2. The van der Waals surface area contributed by atoms with Gasteiger partial charge in [0.25, 0.3) is 0 Å². The van der Waals surface area contributed by atoms with Gasteiger partial charge in [-0.05, 0) is 44.4 Å². The van der Waals surface area contributed by atoms with Crippen molar-refractivity contribution in [3.05, 3.63) is 16.0 Å². The molecule has 126 valence electrons. The summed E-state index contributed by atoms with van der Waals surface area (Å²) in [6.07, 6.45) is 5.98. The number of thioether (sulfide) groups is 1. The second kappa shape index (κ2) is 6.83. The van der Waals surface area contributed by atoms with Crippen LogP contribution in [0.3, 0.4) is 0 Å². The van der Waals surface area contributed by atoms with Gasteiger partial charge in [-0.25, -0.2) is 0 Å². The molecule has 0 radical (unpaired) electrons. The normalized spacial score (nSPS) is 14.7.